The Labute approximate surface area is 379 Å². The fraction of sp³-hybridized carbons (Fsp3) is 0.200. The summed E-state index contributed by atoms with van der Waals surface area (Å²) in [6, 6.07) is 81.2. The first kappa shape index (κ1) is 39.8. The van der Waals surface area contributed by atoms with E-state index >= 15 is 0 Å². The number of rotatable bonds is 6. The normalized spacial score (nSPS) is 19.9. The molecule has 0 fully saturated rings. The Morgan fingerprint density at radius 2 is 0.406 bits per heavy atom. The first-order valence-corrected chi connectivity index (χ1v) is 23.4. The van der Waals surface area contributed by atoms with E-state index in [1.807, 2.05) is 0 Å². The third-order valence-corrected chi connectivity index (χ3v) is 14.3. The van der Waals surface area contributed by atoms with Crippen LogP contribution in [0.3, 0.4) is 0 Å². The molecule has 4 heterocycles. The Bertz CT molecular complexity index is 2400. The Kier molecular flexibility index (Phi) is 11.2. The first-order chi connectivity index (χ1) is 31.8. The van der Waals surface area contributed by atoms with Crippen LogP contribution in [-0.4, -0.2) is 26.2 Å². The van der Waals surface area contributed by atoms with Crippen molar-refractivity contribution in [2.75, 3.05) is 45.8 Å². The summed E-state index contributed by atoms with van der Waals surface area (Å²) in [6.07, 6.45) is 4.34. The summed E-state index contributed by atoms with van der Waals surface area (Å²) in [7, 11) is 0. The van der Waals surface area contributed by atoms with E-state index in [1.165, 1.54) is 67.3 Å². The van der Waals surface area contributed by atoms with Crippen LogP contribution in [0.5, 0.6) is 0 Å². The van der Waals surface area contributed by atoms with Crippen molar-refractivity contribution in [2.45, 2.75) is 49.9 Å². The maximum Gasteiger partial charge on any atom is 0.0790 e. The van der Waals surface area contributed by atoms with Gasteiger partial charge in [0.1, 0.15) is 0 Å². The number of fused-ring (bicyclic) bond motifs is 4. The van der Waals surface area contributed by atoms with Crippen LogP contribution in [0.15, 0.2) is 218 Å². The highest BCUT2D eigenvalue weighted by molar-refractivity contribution is 5.61. The van der Waals surface area contributed by atoms with Crippen molar-refractivity contribution < 1.29 is 0 Å². The van der Waals surface area contributed by atoms with Crippen LogP contribution in [0.1, 0.15) is 68.7 Å². The number of hydrogen-bond acceptors (Lipinski definition) is 4. The van der Waals surface area contributed by atoms with Crippen LogP contribution in [0.25, 0.3) is 0 Å². The molecule has 8 aromatic rings. The van der Waals surface area contributed by atoms with Gasteiger partial charge >= 0.3 is 0 Å². The molecule has 64 heavy (non-hydrogen) atoms. The molecule has 4 nitrogen and oxygen atoms in total. The van der Waals surface area contributed by atoms with Gasteiger partial charge in [-0.25, -0.2) is 0 Å². The van der Waals surface area contributed by atoms with E-state index in [2.05, 4.69) is 238 Å². The van der Waals surface area contributed by atoms with Crippen molar-refractivity contribution in [3.8, 4) is 0 Å². The average Bonchev–Trinajstić information content (AvgIpc) is 3.38. The molecule has 0 spiro atoms. The predicted molar refractivity (Wildman–Crippen MR) is 267 cm³/mol. The van der Waals surface area contributed by atoms with Crippen molar-refractivity contribution in [3.05, 3.63) is 263 Å². The third-order valence-electron chi connectivity index (χ3n) is 14.3. The van der Waals surface area contributed by atoms with Crippen molar-refractivity contribution >= 4 is 22.7 Å². The van der Waals surface area contributed by atoms with Crippen LogP contribution >= 0.6 is 0 Å². The second-order valence-corrected chi connectivity index (χ2v) is 17.7. The average molecular weight is 833 g/mol. The van der Waals surface area contributed by atoms with Gasteiger partial charge in [-0.1, -0.05) is 170 Å². The van der Waals surface area contributed by atoms with E-state index in [4.69, 9.17) is 0 Å². The molecular weight excluding hydrogens is 777 g/mol. The largest absolute Gasteiger partial charge is 0.362 e. The molecule has 4 aliphatic rings. The van der Waals surface area contributed by atoms with Crippen molar-refractivity contribution in [1.82, 2.24) is 0 Å². The zero-order chi connectivity index (χ0) is 42.7. The maximum absolute atomic E-state index is 2.64. The monoisotopic (exact) mass is 832 g/mol. The molecule has 0 unspecified atom stereocenters. The zero-order valence-corrected chi connectivity index (χ0v) is 36.5. The summed E-state index contributed by atoms with van der Waals surface area (Å²) in [4.78, 5) is 10.6. The molecule has 8 aromatic carbocycles. The smallest absolute Gasteiger partial charge is 0.0790 e. The van der Waals surface area contributed by atoms with E-state index in [9.17, 15) is 0 Å². The number of anilines is 4. The summed E-state index contributed by atoms with van der Waals surface area (Å²) < 4.78 is 0. The molecule has 4 aliphatic heterocycles. The third kappa shape index (κ3) is 7.62. The first-order valence-electron chi connectivity index (χ1n) is 23.4. The molecule has 0 saturated heterocycles. The standard InChI is InChI=1S/2C30H28N2/c2*1-3-13-25(14-4-1)31-21-19-23-11-7-9-17-27(23)29(31)30-28-18-10-8-12-24(28)20-22-32(30)26-15-5-2-6-16-26/h2*1-18,29-30H,19-22H2/t2*29-,30+. The van der Waals surface area contributed by atoms with Gasteiger partial charge in [0.15, 0.2) is 0 Å². The highest BCUT2D eigenvalue weighted by Gasteiger charge is 2.42. The summed E-state index contributed by atoms with van der Waals surface area (Å²) in [5.41, 5.74) is 17.0. The molecule has 4 atom stereocenters. The lowest BCUT2D eigenvalue weighted by molar-refractivity contribution is 0.446. The van der Waals surface area contributed by atoms with Gasteiger partial charge in [0.2, 0.25) is 0 Å². The zero-order valence-electron chi connectivity index (χ0n) is 36.5. The molecule has 12 rings (SSSR count). The maximum atomic E-state index is 2.64. The van der Waals surface area contributed by atoms with Gasteiger partial charge in [-0.3, -0.25) is 0 Å². The summed E-state index contributed by atoms with van der Waals surface area (Å²) in [5, 5.41) is 0. The van der Waals surface area contributed by atoms with Crippen LogP contribution in [0.2, 0.25) is 0 Å². The second-order valence-electron chi connectivity index (χ2n) is 17.7. The SMILES string of the molecule is c1ccc(N2CCc3ccccc3[C@@H]2[C@@H]2c3ccccc3CCN2c2ccccc2)cc1.c1ccc(N2CCc3ccccc3[C@@H]2[C@@H]2c3ccccc3CCN2c2ccccc2)cc1. The van der Waals surface area contributed by atoms with Crippen LogP contribution in [0.4, 0.5) is 22.7 Å². The van der Waals surface area contributed by atoms with Crippen LogP contribution < -0.4 is 19.6 Å². The quantitative estimate of drug-likeness (QED) is 0.165. The van der Waals surface area contributed by atoms with Crippen LogP contribution in [0, 0.1) is 0 Å². The Morgan fingerprint density at radius 3 is 0.625 bits per heavy atom. The summed E-state index contributed by atoms with van der Waals surface area (Å²) >= 11 is 0. The molecule has 0 saturated carbocycles. The number of hydrogen-bond donors (Lipinski definition) is 0. The Balaban J connectivity index is 0.000000143. The highest BCUT2D eigenvalue weighted by atomic mass is 15.3. The van der Waals surface area contributed by atoms with Crippen LogP contribution in [-0.2, 0) is 25.7 Å². The summed E-state index contributed by atoms with van der Waals surface area (Å²) in [6.45, 7) is 4.14. The topological polar surface area (TPSA) is 13.0 Å². The molecule has 0 aromatic heterocycles. The molecule has 316 valence electrons. The number of benzene rings is 8. The molecule has 0 radical (unpaired) electrons. The fourth-order valence-corrected chi connectivity index (χ4v) is 11.4. The van der Waals surface area contributed by atoms with Crippen molar-refractivity contribution in [2.24, 2.45) is 0 Å². The minimum atomic E-state index is 0.254. The van der Waals surface area contributed by atoms with E-state index in [1.54, 1.807) is 0 Å². The minimum Gasteiger partial charge on any atom is -0.362 e. The van der Waals surface area contributed by atoms with Gasteiger partial charge in [-0.15, -0.1) is 0 Å². The highest BCUT2D eigenvalue weighted by Crippen LogP contribution is 2.50. The lowest BCUT2D eigenvalue weighted by atomic mass is 9.80. The van der Waals surface area contributed by atoms with Gasteiger partial charge in [-0.2, -0.15) is 0 Å². The van der Waals surface area contributed by atoms with E-state index in [0.717, 1.165) is 51.9 Å². The molecular formula is C60H56N4. The lowest BCUT2D eigenvalue weighted by Gasteiger charge is -2.49. The molecule has 4 heteroatoms. The Hall–Kier alpha value is -7.04. The molecule has 0 N–H and O–H groups in total. The van der Waals surface area contributed by atoms with Gasteiger partial charge < -0.3 is 19.6 Å². The van der Waals surface area contributed by atoms with E-state index in [-0.39, 0.29) is 24.2 Å². The molecule has 0 aliphatic carbocycles. The fourth-order valence-electron chi connectivity index (χ4n) is 11.4. The van der Waals surface area contributed by atoms with Crippen molar-refractivity contribution in [1.29, 1.82) is 0 Å². The van der Waals surface area contributed by atoms with E-state index < -0.39 is 0 Å². The number of para-hydroxylation sites is 4. The summed E-state index contributed by atoms with van der Waals surface area (Å²) in [5.74, 6) is 0. The minimum absolute atomic E-state index is 0.254. The van der Waals surface area contributed by atoms with E-state index in [0.29, 0.717) is 0 Å². The van der Waals surface area contributed by atoms with Gasteiger partial charge in [0.25, 0.3) is 0 Å². The molecule has 0 bridgehead atoms. The predicted octanol–water partition coefficient (Wildman–Crippen LogP) is 13.2. The van der Waals surface area contributed by atoms with Gasteiger partial charge in [0.05, 0.1) is 24.2 Å². The number of nitrogens with zero attached hydrogens (tertiary/aromatic N) is 4. The van der Waals surface area contributed by atoms with Crippen molar-refractivity contribution in [3.63, 3.8) is 0 Å². The lowest BCUT2D eigenvalue weighted by Crippen LogP contribution is -2.47. The molecule has 0 amide bonds. The Morgan fingerprint density at radius 1 is 0.219 bits per heavy atom. The van der Waals surface area contributed by atoms with Gasteiger partial charge in [-0.05, 0) is 119 Å². The second kappa shape index (κ2) is 18.0. The van der Waals surface area contributed by atoms with Gasteiger partial charge in [0, 0.05) is 48.9 Å².